The summed E-state index contributed by atoms with van der Waals surface area (Å²) in [5.41, 5.74) is 1.06. The molecule has 0 rings (SSSR count). The van der Waals surface area contributed by atoms with Gasteiger partial charge >= 0.3 is 0 Å². The SMILES string of the molecule is CC(C)=CC(=O)CCCCl. The summed E-state index contributed by atoms with van der Waals surface area (Å²) >= 11 is 5.41. The quantitative estimate of drug-likeness (QED) is 0.456. The lowest BCUT2D eigenvalue weighted by atomic mass is 10.2. The van der Waals surface area contributed by atoms with Crippen molar-refractivity contribution in [3.63, 3.8) is 0 Å². The molecule has 0 aromatic carbocycles. The van der Waals surface area contributed by atoms with Gasteiger partial charge in [-0.2, -0.15) is 0 Å². The highest BCUT2D eigenvalue weighted by Gasteiger charge is 1.94. The number of rotatable bonds is 4. The minimum absolute atomic E-state index is 0.181. The summed E-state index contributed by atoms with van der Waals surface area (Å²) in [6.07, 6.45) is 3.02. The Labute approximate surface area is 67.1 Å². The smallest absolute Gasteiger partial charge is 0.155 e. The summed E-state index contributed by atoms with van der Waals surface area (Å²) in [6, 6.07) is 0. The summed E-state index contributed by atoms with van der Waals surface area (Å²) in [6.45, 7) is 3.83. The standard InChI is InChI=1S/C8H13ClO/c1-7(2)6-8(10)4-3-5-9/h6H,3-5H2,1-2H3. The van der Waals surface area contributed by atoms with Gasteiger partial charge in [-0.25, -0.2) is 0 Å². The van der Waals surface area contributed by atoms with Gasteiger partial charge in [0.2, 0.25) is 0 Å². The number of halogens is 1. The van der Waals surface area contributed by atoms with Gasteiger partial charge in [0.25, 0.3) is 0 Å². The van der Waals surface area contributed by atoms with E-state index in [2.05, 4.69) is 0 Å². The lowest BCUT2D eigenvalue weighted by molar-refractivity contribution is -0.114. The van der Waals surface area contributed by atoms with E-state index in [0.29, 0.717) is 12.3 Å². The van der Waals surface area contributed by atoms with E-state index in [1.165, 1.54) is 0 Å². The third kappa shape index (κ3) is 5.83. The zero-order valence-electron chi connectivity index (χ0n) is 6.48. The highest BCUT2D eigenvalue weighted by molar-refractivity contribution is 6.18. The number of alkyl halides is 1. The summed E-state index contributed by atoms with van der Waals surface area (Å²) in [4.78, 5) is 10.9. The van der Waals surface area contributed by atoms with E-state index in [-0.39, 0.29) is 5.78 Å². The van der Waals surface area contributed by atoms with Gasteiger partial charge in [-0.3, -0.25) is 4.79 Å². The van der Waals surface area contributed by atoms with E-state index in [1.54, 1.807) is 6.08 Å². The molecule has 0 radical (unpaired) electrons. The summed E-state index contributed by atoms with van der Waals surface area (Å²) in [5, 5.41) is 0. The van der Waals surface area contributed by atoms with Gasteiger partial charge in [0, 0.05) is 12.3 Å². The Morgan fingerprint density at radius 1 is 1.50 bits per heavy atom. The van der Waals surface area contributed by atoms with E-state index in [9.17, 15) is 4.79 Å². The first kappa shape index (κ1) is 9.70. The van der Waals surface area contributed by atoms with Crippen molar-refractivity contribution < 1.29 is 4.79 Å². The van der Waals surface area contributed by atoms with Crippen LogP contribution in [0.4, 0.5) is 0 Å². The zero-order chi connectivity index (χ0) is 7.98. The van der Waals surface area contributed by atoms with Gasteiger partial charge in [-0.05, 0) is 26.3 Å². The predicted octanol–water partition coefficient (Wildman–Crippen LogP) is 2.54. The Kier molecular flexibility index (Phi) is 5.32. The van der Waals surface area contributed by atoms with Crippen LogP contribution in [0.5, 0.6) is 0 Å². The first-order valence-corrected chi connectivity index (χ1v) is 3.94. The van der Waals surface area contributed by atoms with E-state index in [0.717, 1.165) is 12.0 Å². The first-order valence-electron chi connectivity index (χ1n) is 3.40. The summed E-state index contributed by atoms with van der Waals surface area (Å²) in [5.74, 6) is 0.753. The molecule has 0 fully saturated rings. The molecule has 0 spiro atoms. The fourth-order valence-corrected chi connectivity index (χ4v) is 0.769. The summed E-state index contributed by atoms with van der Waals surface area (Å²) in [7, 11) is 0. The molecule has 0 aliphatic heterocycles. The molecule has 1 nitrogen and oxygen atoms in total. The molecule has 0 aliphatic rings. The van der Waals surface area contributed by atoms with E-state index >= 15 is 0 Å². The molecule has 10 heavy (non-hydrogen) atoms. The lowest BCUT2D eigenvalue weighted by Gasteiger charge is -1.91. The third-order valence-electron chi connectivity index (χ3n) is 1.01. The second-order valence-electron chi connectivity index (χ2n) is 2.48. The molecule has 0 aliphatic carbocycles. The second kappa shape index (κ2) is 5.48. The third-order valence-corrected chi connectivity index (χ3v) is 1.27. The monoisotopic (exact) mass is 160 g/mol. The van der Waals surface area contributed by atoms with Crippen LogP contribution in [0.15, 0.2) is 11.6 Å². The van der Waals surface area contributed by atoms with Crippen molar-refractivity contribution in [2.75, 3.05) is 5.88 Å². The van der Waals surface area contributed by atoms with Crippen molar-refractivity contribution in [3.05, 3.63) is 11.6 Å². The van der Waals surface area contributed by atoms with Gasteiger partial charge in [-0.1, -0.05) is 5.57 Å². The molecule has 0 unspecified atom stereocenters. The molecule has 0 N–H and O–H groups in total. The van der Waals surface area contributed by atoms with Crippen LogP contribution in [0.2, 0.25) is 0 Å². The topological polar surface area (TPSA) is 17.1 Å². The van der Waals surface area contributed by atoms with E-state index in [1.807, 2.05) is 13.8 Å². The van der Waals surface area contributed by atoms with Gasteiger partial charge in [-0.15, -0.1) is 11.6 Å². The molecule has 0 aromatic heterocycles. The van der Waals surface area contributed by atoms with Crippen molar-refractivity contribution >= 4 is 17.4 Å². The van der Waals surface area contributed by atoms with Crippen LogP contribution in [-0.4, -0.2) is 11.7 Å². The number of carbonyl (C=O) groups is 1. The molecule has 0 bridgehead atoms. The van der Waals surface area contributed by atoms with Crippen molar-refractivity contribution in [2.45, 2.75) is 26.7 Å². The first-order chi connectivity index (χ1) is 4.66. The van der Waals surface area contributed by atoms with Crippen LogP contribution in [0.3, 0.4) is 0 Å². The molecular formula is C8H13ClO. The van der Waals surface area contributed by atoms with Crippen LogP contribution in [0, 0.1) is 0 Å². The average Bonchev–Trinajstić information content (AvgIpc) is 1.82. The van der Waals surface area contributed by atoms with Crippen LogP contribution < -0.4 is 0 Å². The Morgan fingerprint density at radius 2 is 2.10 bits per heavy atom. The zero-order valence-corrected chi connectivity index (χ0v) is 7.24. The average molecular weight is 161 g/mol. The van der Waals surface area contributed by atoms with Gasteiger partial charge in [0.15, 0.2) is 5.78 Å². The second-order valence-corrected chi connectivity index (χ2v) is 2.86. The Morgan fingerprint density at radius 3 is 2.50 bits per heavy atom. The minimum atomic E-state index is 0.181. The molecule has 0 amide bonds. The van der Waals surface area contributed by atoms with Gasteiger partial charge in [0.1, 0.15) is 0 Å². The Balaban J connectivity index is 3.54. The number of ketones is 1. The molecule has 0 heterocycles. The predicted molar refractivity (Wildman–Crippen MR) is 44.4 cm³/mol. The number of allylic oxidation sites excluding steroid dienone is 2. The molecular weight excluding hydrogens is 148 g/mol. The molecule has 0 atom stereocenters. The van der Waals surface area contributed by atoms with Crippen LogP contribution >= 0.6 is 11.6 Å². The normalized spacial score (nSPS) is 9.10. The fraction of sp³-hybridized carbons (Fsp3) is 0.625. The van der Waals surface area contributed by atoms with E-state index < -0.39 is 0 Å². The molecule has 0 aromatic rings. The largest absolute Gasteiger partial charge is 0.295 e. The maximum Gasteiger partial charge on any atom is 0.155 e. The molecule has 58 valence electrons. The maximum atomic E-state index is 10.9. The Bertz CT molecular complexity index is 134. The van der Waals surface area contributed by atoms with Crippen LogP contribution in [-0.2, 0) is 4.79 Å². The van der Waals surface area contributed by atoms with Crippen LogP contribution in [0.1, 0.15) is 26.7 Å². The summed E-state index contributed by atoms with van der Waals surface area (Å²) < 4.78 is 0. The molecule has 0 saturated carbocycles. The Hall–Kier alpha value is -0.300. The fourth-order valence-electron chi connectivity index (χ4n) is 0.635. The van der Waals surface area contributed by atoms with Gasteiger partial charge in [0.05, 0.1) is 0 Å². The number of hydrogen-bond acceptors (Lipinski definition) is 1. The molecule has 2 heteroatoms. The number of carbonyl (C=O) groups excluding carboxylic acids is 1. The minimum Gasteiger partial charge on any atom is -0.295 e. The van der Waals surface area contributed by atoms with Crippen molar-refractivity contribution in [2.24, 2.45) is 0 Å². The highest BCUT2D eigenvalue weighted by Crippen LogP contribution is 1.97. The number of hydrogen-bond donors (Lipinski definition) is 0. The highest BCUT2D eigenvalue weighted by atomic mass is 35.5. The van der Waals surface area contributed by atoms with Crippen molar-refractivity contribution in [3.8, 4) is 0 Å². The maximum absolute atomic E-state index is 10.9. The van der Waals surface area contributed by atoms with E-state index in [4.69, 9.17) is 11.6 Å². The lowest BCUT2D eigenvalue weighted by Crippen LogP contribution is -1.93. The van der Waals surface area contributed by atoms with Crippen molar-refractivity contribution in [1.29, 1.82) is 0 Å². The van der Waals surface area contributed by atoms with Gasteiger partial charge < -0.3 is 0 Å². The van der Waals surface area contributed by atoms with Crippen molar-refractivity contribution in [1.82, 2.24) is 0 Å². The molecule has 0 saturated heterocycles. The van der Waals surface area contributed by atoms with Crippen LogP contribution in [0.25, 0.3) is 0 Å².